The molecule has 0 aliphatic heterocycles. The van der Waals surface area contributed by atoms with Crippen molar-refractivity contribution in [2.75, 3.05) is 0 Å². The molecule has 2 aromatic carbocycles. The van der Waals surface area contributed by atoms with E-state index in [4.69, 9.17) is 27.4 Å². The lowest BCUT2D eigenvalue weighted by Crippen LogP contribution is -2.43. The van der Waals surface area contributed by atoms with Crippen LogP contribution in [0, 0.1) is 0 Å². The fourth-order valence-corrected chi connectivity index (χ4v) is 86.0. The van der Waals surface area contributed by atoms with Gasteiger partial charge in [0.1, 0.15) is 11.6 Å². The molecule has 1 aromatic heterocycles. The molecule has 3 nitrogen and oxygen atoms in total. The molecular weight excluding hydrogens is 1380 g/mol. The zero-order valence-corrected chi connectivity index (χ0v) is 54.7. The van der Waals surface area contributed by atoms with Gasteiger partial charge in [-0.1, -0.05) is 42.5 Å². The third-order valence-corrected chi connectivity index (χ3v) is 74.4. The molecule has 3 aliphatic carbocycles. The average Bonchev–Trinajstić information content (AvgIpc) is 3.70. The first-order valence-corrected chi connectivity index (χ1v) is 57.2. The number of pyridine rings is 1. The zero-order chi connectivity index (χ0) is 41.4. The van der Waals surface area contributed by atoms with E-state index < -0.39 is 10.8 Å². The molecule has 3 aliphatic rings. The van der Waals surface area contributed by atoms with Gasteiger partial charge in [0.2, 0.25) is 0 Å². The van der Waals surface area contributed by atoms with Crippen LogP contribution in [0.15, 0.2) is 54.7 Å². The van der Waals surface area contributed by atoms with Crippen molar-refractivity contribution in [3.8, 4) is 11.3 Å². The summed E-state index contributed by atoms with van der Waals surface area (Å²) in [6.45, 7) is 0. The Bertz CT molecular complexity index is 3530. The van der Waals surface area contributed by atoms with Crippen LogP contribution in [0.1, 0.15) is 36.8 Å². The molecule has 0 saturated heterocycles. The second-order valence-electron chi connectivity index (χ2n) is 10.2. The van der Waals surface area contributed by atoms with Crippen molar-refractivity contribution in [3.05, 3.63) is 65.9 Å². The summed E-state index contributed by atoms with van der Waals surface area (Å²) < 4.78 is 0. The monoisotopic (exact) mass is 1390 g/mol. The molecule has 0 unspecified atom stereocenters. The second-order valence-corrected chi connectivity index (χ2v) is 65.0. The summed E-state index contributed by atoms with van der Waals surface area (Å²) in [5.74, 6) is 0.543. The minimum atomic E-state index is -0.415. The highest BCUT2D eigenvalue weighted by molar-refractivity contribution is 8.80. The van der Waals surface area contributed by atoms with E-state index in [1.165, 1.54) is 23.3 Å². The van der Waals surface area contributed by atoms with Gasteiger partial charge >= 0.3 is 0 Å². The number of hydrogen-bond donors (Lipinski definition) is 0. The Balaban J connectivity index is 0.000000228. The fourth-order valence-electron chi connectivity index (χ4n) is 6.46. The van der Waals surface area contributed by atoms with Crippen molar-refractivity contribution in [1.29, 1.82) is 0 Å². The van der Waals surface area contributed by atoms with Crippen LogP contribution in [0.3, 0.4) is 0 Å². The summed E-state index contributed by atoms with van der Waals surface area (Å²) >= 11 is 9.59. The van der Waals surface area contributed by atoms with E-state index in [0.29, 0.717) is 25.7 Å². The first-order chi connectivity index (χ1) is 29.1. The Hall–Kier alpha value is 4.45. The number of Topliss-reactive ketones (excluding diaryl/α,β-unsaturated/α-hetero) is 2. The highest BCUT2D eigenvalue weighted by Crippen LogP contribution is 2.68. The molecule has 324 valence electrons. The fraction of sp³-hybridized carbons (Fsp3) is 0.261. The summed E-state index contributed by atoms with van der Waals surface area (Å²) in [6.07, 6.45) is 3.66. The number of fused-ring (bicyclic) bond motifs is 5. The van der Waals surface area contributed by atoms with Crippen LogP contribution in [0.5, 0.6) is 0 Å². The van der Waals surface area contributed by atoms with Gasteiger partial charge in [-0.05, 0) is 28.0 Å². The quantitative estimate of drug-likeness (QED) is 0.341. The number of nitrogens with zero attached hydrogens (tertiary/aromatic N) is 1. The van der Waals surface area contributed by atoms with Gasteiger partial charge < -0.3 is 0 Å². The van der Waals surface area contributed by atoms with Crippen LogP contribution in [0.25, 0.3) is 22.0 Å². The van der Waals surface area contributed by atoms with Crippen LogP contribution < -0.4 is 0 Å². The molecule has 3 aromatic rings. The van der Waals surface area contributed by atoms with Crippen LogP contribution in [0.4, 0.5) is 0 Å². The Morgan fingerprint density at radius 3 is 1.20 bits per heavy atom. The molecule has 6 rings (SSSR count). The van der Waals surface area contributed by atoms with Gasteiger partial charge in [-0.3, -0.25) is 14.6 Å². The van der Waals surface area contributed by atoms with Gasteiger partial charge in [0.05, 0.1) is 5.69 Å². The lowest BCUT2D eigenvalue weighted by molar-refractivity contribution is -0.120. The second kappa shape index (κ2) is 32.3. The summed E-state index contributed by atoms with van der Waals surface area (Å²) in [7, 11) is 54.6. The van der Waals surface area contributed by atoms with Crippen molar-refractivity contribution in [1.82, 2.24) is 4.98 Å². The Morgan fingerprint density at radius 2 is 0.797 bits per heavy atom. The van der Waals surface area contributed by atoms with Crippen molar-refractivity contribution in [2.45, 2.75) is 36.5 Å². The Kier molecular flexibility index (Phi) is 29.8. The third-order valence-electron chi connectivity index (χ3n) is 7.73. The van der Waals surface area contributed by atoms with E-state index in [0.717, 1.165) is 27.6 Å². The number of hydrogen-bond acceptors (Lipinski definition) is 5. The van der Waals surface area contributed by atoms with E-state index >= 15 is 0 Å². The maximum absolute atomic E-state index is 12.7. The maximum Gasteiger partial charge on any atom is 0.134 e. The Labute approximate surface area is 438 Å². The molecule has 0 N–H and O–H groups in total. The molecule has 0 radical (unpaired) electrons. The number of carbonyl (C=O) groups excluding carboxylic acids is 2. The first-order valence-electron chi connectivity index (χ1n) is 14.5. The van der Waals surface area contributed by atoms with Crippen molar-refractivity contribution in [2.24, 2.45) is 0 Å². The van der Waals surface area contributed by atoms with Gasteiger partial charge in [0, 0.05) is 346 Å². The van der Waals surface area contributed by atoms with E-state index in [1.807, 2.05) is 175 Å². The average molecular weight is 1400 g/mol. The number of rotatable bonds is 0. The molecule has 59 heavy (non-hydrogen) atoms. The smallest absolute Gasteiger partial charge is 0.134 e. The lowest BCUT2D eigenvalue weighted by Gasteiger charge is -2.46. The molecule has 0 amide bonds. The van der Waals surface area contributed by atoms with Crippen molar-refractivity contribution >= 4 is 320 Å². The van der Waals surface area contributed by atoms with Crippen molar-refractivity contribution < 1.29 is 9.59 Å². The van der Waals surface area contributed by atoms with E-state index in [9.17, 15) is 9.59 Å². The predicted molar refractivity (Wildman–Crippen MR) is 342 cm³/mol. The molecule has 0 bridgehead atoms. The summed E-state index contributed by atoms with van der Waals surface area (Å²) in [5.41, 5.74) is 3.50. The highest BCUT2D eigenvalue weighted by Gasteiger charge is 2.68. The van der Waals surface area contributed by atoms with Crippen LogP contribution in [-0.4, -0.2) is 16.6 Å². The van der Waals surface area contributed by atoms with Crippen LogP contribution >= 0.6 is 0 Å². The third kappa shape index (κ3) is 17.4. The molecule has 0 spiro atoms. The number of ketones is 2. The molecular formula is C23H17NO2S33. The maximum atomic E-state index is 12.7. The molecule has 2 fully saturated rings. The normalized spacial score (nSPS) is 16.9. The number of benzene rings is 2. The lowest BCUT2D eigenvalue weighted by atomic mass is 9.55. The van der Waals surface area contributed by atoms with E-state index in [1.54, 1.807) is 107 Å². The predicted octanol–water partition coefficient (Wildman–Crippen LogP) is 4.04. The molecule has 0 atom stereocenters. The van der Waals surface area contributed by atoms with E-state index in [-0.39, 0.29) is 11.6 Å². The van der Waals surface area contributed by atoms with Crippen LogP contribution in [0.2, 0.25) is 0 Å². The summed E-state index contributed by atoms with van der Waals surface area (Å²) in [4.78, 5) is 30.2. The van der Waals surface area contributed by atoms with Gasteiger partial charge in [-0.15, -0.1) is 0 Å². The Morgan fingerprint density at radius 1 is 0.424 bits per heavy atom. The van der Waals surface area contributed by atoms with Gasteiger partial charge in [-0.25, -0.2) is 0 Å². The van der Waals surface area contributed by atoms with Gasteiger partial charge in [0.25, 0.3) is 0 Å². The SMILES string of the molecule is O=C1CC23CC(=O)CC2(C1)c1c(ccc2ccccc12)-c1ncccc13.S=S=S=S=S=S=S=S=S=S=S=S=S=S=S=S=S=S=S=S=S=S=S=S=S=S=S=S=S=S=S=S=S. The topological polar surface area (TPSA) is 47.0 Å². The van der Waals surface area contributed by atoms with Gasteiger partial charge in [0.15, 0.2) is 0 Å². The zero-order valence-electron chi connectivity index (χ0n) is 27.8. The minimum Gasteiger partial charge on any atom is -0.300 e. The largest absolute Gasteiger partial charge is 0.300 e. The minimum absolute atomic E-state index is 0.271. The molecule has 2 saturated carbocycles. The van der Waals surface area contributed by atoms with E-state index in [2.05, 4.69) is 30.3 Å². The number of carbonyl (C=O) groups is 2. The van der Waals surface area contributed by atoms with Crippen molar-refractivity contribution in [3.63, 3.8) is 0 Å². The van der Waals surface area contributed by atoms with Crippen LogP contribution in [-0.2, 0) is 318 Å². The molecule has 36 heteroatoms. The standard InChI is InChI=1S/C23H17NO2.S33/c25-15-10-22-11-16(26)13-23(22,12-15)20-17-5-2-1-4-14(17)7-8-18(20)21-19(22)6-3-9-24-21;1-3-5-7-9-11-13-15-17-19-21-23-25-27-29-31-33-32-30-28-26-24-22-20-18-16-14-12-10-8-6-4-2/h1-9H,10-13H2;. The molecule has 1 heterocycles. The number of aromatic nitrogens is 1. The summed E-state index contributed by atoms with van der Waals surface area (Å²) in [6, 6.07) is 16.6. The summed E-state index contributed by atoms with van der Waals surface area (Å²) in [5, 5.41) is 2.32. The first kappa shape index (κ1) is 54.4. The van der Waals surface area contributed by atoms with Gasteiger partial charge in [-0.2, -0.15) is 0 Å². The highest BCUT2D eigenvalue weighted by atomic mass is 33.5.